The van der Waals surface area contributed by atoms with Gasteiger partial charge in [0.1, 0.15) is 5.69 Å². The monoisotopic (exact) mass is 231 g/mol. The van der Waals surface area contributed by atoms with Gasteiger partial charge in [-0.05, 0) is 19.1 Å². The summed E-state index contributed by atoms with van der Waals surface area (Å²) in [5.41, 5.74) is -0.0666. The maximum atomic E-state index is 11.7. The standard InChI is InChI=1S/C12H9NO4/c1-6(14)7-3-2-4-8-10(15)5-9(12(16)17)13-11(7)8/h2-5H,1H3,(H,13,15)(H,16,17). The Bertz CT molecular complexity index is 684. The second kappa shape index (κ2) is 3.86. The molecule has 0 aliphatic carbocycles. The third-order valence-corrected chi connectivity index (χ3v) is 2.47. The van der Waals surface area contributed by atoms with Gasteiger partial charge < -0.3 is 10.1 Å². The predicted molar refractivity (Wildman–Crippen MR) is 61.5 cm³/mol. The number of para-hydroxylation sites is 1. The number of Topliss-reactive ketones (excluding diaryl/α,β-unsaturated/α-hetero) is 1. The number of aromatic nitrogens is 1. The predicted octanol–water partition coefficient (Wildman–Crippen LogP) is 1.43. The Balaban J connectivity index is 2.93. The number of aromatic carboxylic acids is 1. The number of carbonyl (C=O) groups excluding carboxylic acids is 1. The van der Waals surface area contributed by atoms with E-state index in [0.717, 1.165) is 6.07 Å². The summed E-state index contributed by atoms with van der Waals surface area (Å²) in [6.07, 6.45) is 0. The highest BCUT2D eigenvalue weighted by Gasteiger charge is 2.12. The van der Waals surface area contributed by atoms with Crippen LogP contribution in [0.1, 0.15) is 27.8 Å². The van der Waals surface area contributed by atoms with Crippen molar-refractivity contribution in [3.05, 3.63) is 45.7 Å². The number of fused-ring (bicyclic) bond motifs is 1. The third kappa shape index (κ3) is 1.82. The molecule has 1 aromatic heterocycles. The number of hydrogen-bond donors (Lipinski definition) is 2. The van der Waals surface area contributed by atoms with Crippen LogP contribution in [0.3, 0.4) is 0 Å². The Hall–Kier alpha value is -2.43. The number of carbonyl (C=O) groups is 2. The van der Waals surface area contributed by atoms with Gasteiger partial charge in [-0.2, -0.15) is 0 Å². The van der Waals surface area contributed by atoms with Crippen LogP contribution in [-0.2, 0) is 0 Å². The van der Waals surface area contributed by atoms with Crippen molar-refractivity contribution >= 4 is 22.7 Å². The molecule has 2 aromatic rings. The molecule has 1 aromatic carbocycles. The highest BCUT2D eigenvalue weighted by molar-refractivity contribution is 6.06. The summed E-state index contributed by atoms with van der Waals surface area (Å²) in [6, 6.07) is 5.70. The molecule has 0 aliphatic rings. The zero-order valence-corrected chi connectivity index (χ0v) is 8.98. The van der Waals surface area contributed by atoms with E-state index in [-0.39, 0.29) is 17.0 Å². The molecule has 0 fully saturated rings. The molecular formula is C12H9NO4. The topological polar surface area (TPSA) is 87.2 Å². The fraction of sp³-hybridized carbons (Fsp3) is 0.0833. The smallest absolute Gasteiger partial charge is 0.352 e. The summed E-state index contributed by atoms with van der Waals surface area (Å²) < 4.78 is 0. The number of pyridine rings is 1. The van der Waals surface area contributed by atoms with Crippen molar-refractivity contribution in [1.82, 2.24) is 4.98 Å². The fourth-order valence-electron chi connectivity index (χ4n) is 1.68. The lowest BCUT2D eigenvalue weighted by Gasteiger charge is -2.04. The van der Waals surface area contributed by atoms with E-state index in [0.29, 0.717) is 10.9 Å². The molecule has 0 bridgehead atoms. The van der Waals surface area contributed by atoms with Crippen molar-refractivity contribution in [1.29, 1.82) is 0 Å². The van der Waals surface area contributed by atoms with Gasteiger partial charge in [-0.15, -0.1) is 0 Å². The fourth-order valence-corrected chi connectivity index (χ4v) is 1.68. The average molecular weight is 231 g/mol. The summed E-state index contributed by atoms with van der Waals surface area (Å²) in [7, 11) is 0. The molecule has 1 heterocycles. The lowest BCUT2D eigenvalue weighted by Crippen LogP contribution is -2.11. The Morgan fingerprint density at radius 2 is 2.00 bits per heavy atom. The zero-order chi connectivity index (χ0) is 12.6. The van der Waals surface area contributed by atoms with Crippen molar-refractivity contribution in [2.75, 3.05) is 0 Å². The van der Waals surface area contributed by atoms with Crippen molar-refractivity contribution < 1.29 is 14.7 Å². The van der Waals surface area contributed by atoms with Crippen LogP contribution in [0.25, 0.3) is 10.9 Å². The summed E-state index contributed by atoms with van der Waals surface area (Å²) in [5.74, 6) is -1.46. The van der Waals surface area contributed by atoms with Crippen molar-refractivity contribution in [3.8, 4) is 0 Å². The van der Waals surface area contributed by atoms with Crippen LogP contribution in [-0.4, -0.2) is 21.8 Å². The molecule has 17 heavy (non-hydrogen) atoms. The van der Waals surface area contributed by atoms with Gasteiger partial charge in [-0.25, -0.2) is 4.79 Å². The number of nitrogens with one attached hydrogen (secondary N) is 1. The molecule has 2 N–H and O–H groups in total. The number of benzene rings is 1. The van der Waals surface area contributed by atoms with Gasteiger partial charge in [-0.3, -0.25) is 9.59 Å². The normalized spacial score (nSPS) is 10.4. The first-order valence-corrected chi connectivity index (χ1v) is 4.91. The minimum atomic E-state index is -1.23. The first kappa shape index (κ1) is 11.1. The molecule has 0 radical (unpaired) electrons. The van der Waals surface area contributed by atoms with Gasteiger partial charge in [0.05, 0.1) is 5.52 Å². The lowest BCUT2D eigenvalue weighted by molar-refractivity contribution is 0.0690. The molecule has 5 heteroatoms. The maximum absolute atomic E-state index is 11.7. The van der Waals surface area contributed by atoms with Crippen LogP contribution < -0.4 is 5.43 Å². The van der Waals surface area contributed by atoms with Crippen LogP contribution >= 0.6 is 0 Å². The third-order valence-electron chi connectivity index (χ3n) is 2.47. The first-order chi connectivity index (χ1) is 8.00. The van der Waals surface area contributed by atoms with Gasteiger partial charge in [0.2, 0.25) is 0 Å². The molecular weight excluding hydrogens is 222 g/mol. The van der Waals surface area contributed by atoms with E-state index in [1.54, 1.807) is 18.2 Å². The average Bonchev–Trinajstić information content (AvgIpc) is 2.27. The molecule has 0 saturated carbocycles. The number of carboxylic acids is 1. The Kier molecular flexibility index (Phi) is 2.51. The zero-order valence-electron chi connectivity index (χ0n) is 8.98. The van der Waals surface area contributed by atoms with Crippen LogP contribution in [0.15, 0.2) is 29.1 Å². The molecule has 0 unspecified atom stereocenters. The van der Waals surface area contributed by atoms with E-state index < -0.39 is 11.4 Å². The highest BCUT2D eigenvalue weighted by Crippen LogP contribution is 2.14. The maximum Gasteiger partial charge on any atom is 0.352 e. The SMILES string of the molecule is CC(=O)c1cccc2c(=O)cc(C(=O)O)[nH]c12. The quantitative estimate of drug-likeness (QED) is 0.765. The number of ketones is 1. The summed E-state index contributed by atoms with van der Waals surface area (Å²) in [4.78, 5) is 36.5. The number of carboxylic acid groups (broad SMARTS) is 1. The second-order valence-electron chi connectivity index (χ2n) is 3.64. The minimum absolute atomic E-state index is 0.226. The van der Waals surface area contributed by atoms with E-state index in [1.165, 1.54) is 6.92 Å². The first-order valence-electron chi connectivity index (χ1n) is 4.91. The van der Waals surface area contributed by atoms with Gasteiger partial charge in [0, 0.05) is 17.0 Å². The highest BCUT2D eigenvalue weighted by atomic mass is 16.4. The molecule has 0 spiro atoms. The molecule has 86 valence electrons. The van der Waals surface area contributed by atoms with E-state index in [4.69, 9.17) is 5.11 Å². The molecule has 0 aliphatic heterocycles. The summed E-state index contributed by atoms with van der Waals surface area (Å²) >= 11 is 0. The Morgan fingerprint density at radius 1 is 1.29 bits per heavy atom. The molecule has 0 saturated heterocycles. The van der Waals surface area contributed by atoms with Crippen molar-refractivity contribution in [2.24, 2.45) is 0 Å². The van der Waals surface area contributed by atoms with Gasteiger partial charge >= 0.3 is 5.97 Å². The van der Waals surface area contributed by atoms with Crippen LogP contribution in [0.4, 0.5) is 0 Å². The van der Waals surface area contributed by atoms with Gasteiger partial charge in [-0.1, -0.05) is 6.07 Å². The molecule has 5 nitrogen and oxygen atoms in total. The van der Waals surface area contributed by atoms with E-state index in [9.17, 15) is 14.4 Å². The largest absolute Gasteiger partial charge is 0.477 e. The van der Waals surface area contributed by atoms with Crippen LogP contribution in [0.5, 0.6) is 0 Å². The summed E-state index contributed by atoms with van der Waals surface area (Å²) in [5, 5.41) is 9.15. The van der Waals surface area contributed by atoms with Gasteiger partial charge in [0.15, 0.2) is 11.2 Å². The van der Waals surface area contributed by atoms with Crippen LogP contribution in [0, 0.1) is 0 Å². The minimum Gasteiger partial charge on any atom is -0.477 e. The Labute approximate surface area is 95.7 Å². The van der Waals surface area contributed by atoms with Crippen molar-refractivity contribution in [2.45, 2.75) is 6.92 Å². The number of aromatic amines is 1. The van der Waals surface area contributed by atoms with E-state index in [2.05, 4.69) is 4.98 Å². The Morgan fingerprint density at radius 3 is 2.59 bits per heavy atom. The van der Waals surface area contributed by atoms with Gasteiger partial charge in [0.25, 0.3) is 0 Å². The van der Waals surface area contributed by atoms with E-state index >= 15 is 0 Å². The van der Waals surface area contributed by atoms with E-state index in [1.807, 2.05) is 0 Å². The van der Waals surface area contributed by atoms with Crippen molar-refractivity contribution in [3.63, 3.8) is 0 Å². The molecule has 0 atom stereocenters. The molecule has 2 rings (SSSR count). The molecule has 0 amide bonds. The number of H-pyrrole nitrogens is 1. The lowest BCUT2D eigenvalue weighted by atomic mass is 10.1. The number of hydrogen-bond acceptors (Lipinski definition) is 3. The van der Waals surface area contributed by atoms with Crippen LogP contribution in [0.2, 0.25) is 0 Å². The second-order valence-corrected chi connectivity index (χ2v) is 3.64. The number of rotatable bonds is 2. The summed E-state index contributed by atoms with van der Waals surface area (Å²) in [6.45, 7) is 1.36.